The lowest BCUT2D eigenvalue weighted by Gasteiger charge is -2.14. The molecule has 0 saturated heterocycles. The molecule has 94 valence electrons. The fourth-order valence-electron chi connectivity index (χ4n) is 1.96. The average Bonchev–Trinajstić information content (AvgIpc) is 3.27. The van der Waals surface area contributed by atoms with Crippen molar-refractivity contribution in [2.75, 3.05) is 0 Å². The zero-order valence-corrected chi connectivity index (χ0v) is 9.62. The van der Waals surface area contributed by atoms with E-state index in [9.17, 15) is 9.90 Å². The molecule has 0 aliphatic carbocycles. The standard InChI is InChI=1S/C14H8O5/c15-14(16)13(7-1-3-9-11(5-7)18-9)17-8-2-4-10-12(6-8)19-10/h1-6,13H,(H,15,16). The molecule has 1 unspecified atom stereocenters. The highest BCUT2D eigenvalue weighted by molar-refractivity contribution is 5.76. The Morgan fingerprint density at radius 1 is 1.00 bits per heavy atom. The second-order valence-electron chi connectivity index (χ2n) is 4.35. The number of hydrogen-bond acceptors (Lipinski definition) is 4. The molecule has 5 heteroatoms. The van der Waals surface area contributed by atoms with Crippen molar-refractivity contribution in [3.63, 3.8) is 0 Å². The zero-order chi connectivity index (χ0) is 13.0. The van der Waals surface area contributed by atoms with Crippen LogP contribution in [0.2, 0.25) is 0 Å². The van der Waals surface area contributed by atoms with E-state index in [-0.39, 0.29) is 0 Å². The number of carboxylic acids is 1. The summed E-state index contributed by atoms with van der Waals surface area (Å²) in [6, 6.07) is 10.2. The molecule has 0 spiro atoms. The van der Waals surface area contributed by atoms with Crippen molar-refractivity contribution in [3.05, 3.63) is 42.0 Å². The van der Waals surface area contributed by atoms with E-state index in [1.54, 1.807) is 36.4 Å². The van der Waals surface area contributed by atoms with Gasteiger partial charge in [-0.3, -0.25) is 0 Å². The molecule has 2 aliphatic rings. The van der Waals surface area contributed by atoms with Gasteiger partial charge in [0.05, 0.1) is 0 Å². The first-order valence-electron chi connectivity index (χ1n) is 5.74. The van der Waals surface area contributed by atoms with Gasteiger partial charge in [-0.05, 0) is 24.3 Å². The fraction of sp³-hybridized carbons (Fsp3) is 0.0714. The van der Waals surface area contributed by atoms with Crippen molar-refractivity contribution in [1.29, 1.82) is 0 Å². The van der Waals surface area contributed by atoms with E-state index in [0.717, 1.165) is 17.2 Å². The summed E-state index contributed by atoms with van der Waals surface area (Å²) in [4.78, 5) is 11.3. The number of carboxylic acid groups (broad SMARTS) is 1. The van der Waals surface area contributed by atoms with Crippen LogP contribution in [0.3, 0.4) is 0 Å². The van der Waals surface area contributed by atoms with Gasteiger partial charge in [-0.2, -0.15) is 0 Å². The van der Waals surface area contributed by atoms with Crippen molar-refractivity contribution in [3.8, 4) is 28.7 Å². The van der Waals surface area contributed by atoms with Crippen LogP contribution in [0, 0.1) is 0 Å². The number of hydrogen-bond donors (Lipinski definition) is 1. The monoisotopic (exact) mass is 256 g/mol. The molecule has 0 aromatic heterocycles. The lowest BCUT2D eigenvalue weighted by molar-refractivity contribution is -0.145. The topological polar surface area (TPSA) is 71.6 Å². The van der Waals surface area contributed by atoms with Crippen LogP contribution in [0.15, 0.2) is 36.4 Å². The van der Waals surface area contributed by atoms with Gasteiger partial charge in [-0.1, -0.05) is 6.07 Å². The van der Waals surface area contributed by atoms with E-state index in [1.807, 2.05) is 0 Å². The molecule has 2 aromatic rings. The summed E-state index contributed by atoms with van der Waals surface area (Å²) >= 11 is 0. The first kappa shape index (κ1) is 10.3. The van der Waals surface area contributed by atoms with Crippen LogP contribution in [-0.2, 0) is 4.79 Å². The Hall–Kier alpha value is -2.69. The summed E-state index contributed by atoms with van der Waals surface area (Å²) in [7, 11) is 0. The fourth-order valence-corrected chi connectivity index (χ4v) is 1.96. The van der Waals surface area contributed by atoms with Gasteiger partial charge in [0.1, 0.15) is 5.75 Å². The minimum atomic E-state index is -1.06. The third-order valence-corrected chi connectivity index (χ3v) is 3.02. The summed E-state index contributed by atoms with van der Waals surface area (Å²) in [5.74, 6) is 2.44. The molecule has 0 bridgehead atoms. The van der Waals surface area contributed by atoms with E-state index in [2.05, 4.69) is 0 Å². The lowest BCUT2D eigenvalue weighted by atomic mass is 10.1. The van der Waals surface area contributed by atoms with Crippen LogP contribution in [0.25, 0.3) is 0 Å². The Morgan fingerprint density at radius 2 is 1.68 bits per heavy atom. The summed E-state index contributed by atoms with van der Waals surface area (Å²) in [5, 5.41) is 9.28. The van der Waals surface area contributed by atoms with Crippen LogP contribution < -0.4 is 14.2 Å². The molecule has 0 amide bonds. The smallest absolute Gasteiger partial charge is 0.349 e. The summed E-state index contributed by atoms with van der Waals surface area (Å²) in [6.07, 6.45) is -1.06. The minimum absolute atomic E-state index is 0.467. The maximum atomic E-state index is 11.3. The van der Waals surface area contributed by atoms with Crippen LogP contribution in [0.4, 0.5) is 0 Å². The molecule has 0 radical (unpaired) electrons. The Bertz CT molecular complexity index is 707. The van der Waals surface area contributed by atoms with Gasteiger partial charge in [-0.25, -0.2) is 4.79 Å². The third-order valence-electron chi connectivity index (χ3n) is 3.02. The number of benzene rings is 2. The number of ether oxygens (including phenoxy) is 3. The predicted molar refractivity (Wildman–Crippen MR) is 64.0 cm³/mol. The molecule has 1 atom stereocenters. The molecule has 4 rings (SSSR count). The Kier molecular flexibility index (Phi) is 1.84. The van der Waals surface area contributed by atoms with Gasteiger partial charge in [0.2, 0.25) is 6.10 Å². The van der Waals surface area contributed by atoms with Crippen LogP contribution in [-0.4, -0.2) is 11.1 Å². The van der Waals surface area contributed by atoms with Crippen LogP contribution in [0.1, 0.15) is 11.7 Å². The normalized spacial score (nSPS) is 14.3. The lowest BCUT2D eigenvalue weighted by Crippen LogP contribution is -2.17. The van der Waals surface area contributed by atoms with E-state index in [4.69, 9.17) is 14.2 Å². The van der Waals surface area contributed by atoms with Gasteiger partial charge >= 0.3 is 5.97 Å². The van der Waals surface area contributed by atoms with E-state index in [0.29, 0.717) is 17.1 Å². The quantitative estimate of drug-likeness (QED) is 0.568. The molecule has 5 nitrogen and oxygen atoms in total. The predicted octanol–water partition coefficient (Wildman–Crippen LogP) is 3.10. The van der Waals surface area contributed by atoms with Crippen molar-refractivity contribution in [2.24, 2.45) is 0 Å². The largest absolute Gasteiger partial charge is 0.478 e. The summed E-state index contributed by atoms with van der Waals surface area (Å²) < 4.78 is 15.7. The van der Waals surface area contributed by atoms with Gasteiger partial charge in [-0.15, -0.1) is 0 Å². The minimum Gasteiger partial charge on any atom is -0.478 e. The molecule has 2 heterocycles. The Balaban J connectivity index is 1.63. The highest BCUT2D eigenvalue weighted by atomic mass is 16.6. The Labute approximate surface area is 108 Å². The number of aliphatic carboxylic acids is 1. The second-order valence-corrected chi connectivity index (χ2v) is 4.35. The van der Waals surface area contributed by atoms with Gasteiger partial charge in [0.25, 0.3) is 0 Å². The number of fused-ring (bicyclic) bond motifs is 2. The van der Waals surface area contributed by atoms with Crippen LogP contribution in [0.5, 0.6) is 28.7 Å². The summed E-state index contributed by atoms with van der Waals surface area (Å²) in [6.45, 7) is 0. The first-order valence-corrected chi connectivity index (χ1v) is 5.74. The van der Waals surface area contributed by atoms with Crippen molar-refractivity contribution < 1.29 is 24.1 Å². The average molecular weight is 256 g/mol. The maximum absolute atomic E-state index is 11.3. The van der Waals surface area contributed by atoms with E-state index < -0.39 is 12.1 Å². The van der Waals surface area contributed by atoms with E-state index in [1.165, 1.54) is 0 Å². The maximum Gasteiger partial charge on any atom is 0.349 e. The first-order chi connectivity index (χ1) is 9.20. The molecule has 2 aliphatic heterocycles. The molecule has 0 fully saturated rings. The summed E-state index contributed by atoms with van der Waals surface area (Å²) in [5.41, 5.74) is 0.551. The zero-order valence-electron chi connectivity index (χ0n) is 9.62. The highest BCUT2D eigenvalue weighted by Gasteiger charge is 2.28. The molecular weight excluding hydrogens is 248 g/mol. The molecule has 2 aromatic carbocycles. The van der Waals surface area contributed by atoms with Gasteiger partial charge < -0.3 is 19.3 Å². The van der Waals surface area contributed by atoms with Crippen molar-refractivity contribution >= 4 is 5.97 Å². The van der Waals surface area contributed by atoms with Gasteiger partial charge in [0, 0.05) is 11.6 Å². The van der Waals surface area contributed by atoms with Crippen LogP contribution >= 0.6 is 0 Å². The molecule has 0 saturated carbocycles. The third kappa shape index (κ3) is 1.76. The molecular formula is C14H8O5. The highest BCUT2D eigenvalue weighted by Crippen LogP contribution is 2.48. The van der Waals surface area contributed by atoms with Crippen molar-refractivity contribution in [2.45, 2.75) is 6.10 Å². The molecule has 19 heavy (non-hydrogen) atoms. The second kappa shape index (κ2) is 3.41. The van der Waals surface area contributed by atoms with Gasteiger partial charge in [0.15, 0.2) is 23.0 Å². The van der Waals surface area contributed by atoms with Crippen molar-refractivity contribution in [1.82, 2.24) is 0 Å². The SMILES string of the molecule is O=C(O)C(Oc1ccc2c(c1)O2)c1ccc2c(c1)O2. The number of rotatable bonds is 4. The number of carbonyl (C=O) groups is 1. The van der Waals surface area contributed by atoms with E-state index >= 15 is 0 Å². The molecule has 1 N–H and O–H groups in total. The Morgan fingerprint density at radius 3 is 2.32 bits per heavy atom.